The smallest absolute Gasteiger partial charge is 0.306 e. The number of hydrogen-bond acceptors (Lipinski definition) is 3. The van der Waals surface area contributed by atoms with E-state index in [1.54, 1.807) is 13.2 Å². The molecule has 1 unspecified atom stereocenters. The first-order valence-electron chi connectivity index (χ1n) is 5.99. The fraction of sp³-hybridized carbons (Fsp3) is 0.357. The van der Waals surface area contributed by atoms with Gasteiger partial charge in [0, 0.05) is 19.0 Å². The molecule has 2 rings (SSSR count). The van der Waals surface area contributed by atoms with Crippen molar-refractivity contribution in [2.75, 3.05) is 18.5 Å². The van der Waals surface area contributed by atoms with Gasteiger partial charge in [-0.1, -0.05) is 19.1 Å². The molecule has 2 aromatic rings. The van der Waals surface area contributed by atoms with Crippen LogP contribution in [0.5, 0.6) is 0 Å². The number of rotatable bonds is 5. The highest BCUT2D eigenvalue weighted by atomic mass is 16.4. The van der Waals surface area contributed by atoms with Crippen LogP contribution in [-0.4, -0.2) is 24.7 Å². The highest BCUT2D eigenvalue weighted by Crippen LogP contribution is 2.28. The first kappa shape index (κ1) is 12.5. The molecule has 1 aromatic carbocycles. The van der Waals surface area contributed by atoms with Crippen LogP contribution in [-0.2, 0) is 4.79 Å². The number of benzene rings is 1. The van der Waals surface area contributed by atoms with Gasteiger partial charge in [0.2, 0.25) is 0 Å². The SMILES string of the molecule is CC(CCN(C)c1coc2ccccc12)C(=O)O. The highest BCUT2D eigenvalue weighted by Gasteiger charge is 2.14. The number of furan rings is 1. The summed E-state index contributed by atoms with van der Waals surface area (Å²) in [5.41, 5.74) is 1.86. The van der Waals surface area contributed by atoms with Crippen LogP contribution >= 0.6 is 0 Å². The number of hydrogen-bond donors (Lipinski definition) is 1. The van der Waals surface area contributed by atoms with Crippen LogP contribution in [0.1, 0.15) is 13.3 Å². The van der Waals surface area contributed by atoms with Crippen molar-refractivity contribution in [1.82, 2.24) is 0 Å². The van der Waals surface area contributed by atoms with Gasteiger partial charge in [0.05, 0.1) is 11.6 Å². The third kappa shape index (κ3) is 2.47. The van der Waals surface area contributed by atoms with Crippen LogP contribution in [0.25, 0.3) is 11.0 Å². The molecule has 1 heterocycles. The Labute approximate surface area is 106 Å². The van der Waals surface area contributed by atoms with Crippen molar-refractivity contribution in [3.05, 3.63) is 30.5 Å². The zero-order chi connectivity index (χ0) is 13.1. The Morgan fingerprint density at radius 1 is 1.44 bits per heavy atom. The molecule has 1 N–H and O–H groups in total. The third-order valence-corrected chi connectivity index (χ3v) is 3.19. The monoisotopic (exact) mass is 247 g/mol. The molecule has 0 fully saturated rings. The first-order chi connectivity index (χ1) is 8.59. The second kappa shape index (κ2) is 5.12. The second-order valence-corrected chi connectivity index (χ2v) is 4.57. The van der Waals surface area contributed by atoms with E-state index < -0.39 is 5.97 Å². The van der Waals surface area contributed by atoms with E-state index in [-0.39, 0.29) is 5.92 Å². The Morgan fingerprint density at radius 2 is 2.17 bits per heavy atom. The van der Waals surface area contributed by atoms with E-state index in [1.807, 2.05) is 36.2 Å². The summed E-state index contributed by atoms with van der Waals surface area (Å²) in [5, 5.41) is 9.92. The van der Waals surface area contributed by atoms with Crippen LogP contribution in [0.3, 0.4) is 0 Å². The lowest BCUT2D eigenvalue weighted by Crippen LogP contribution is -2.22. The number of fused-ring (bicyclic) bond motifs is 1. The summed E-state index contributed by atoms with van der Waals surface area (Å²) >= 11 is 0. The maximum atomic E-state index is 10.8. The number of carboxylic acid groups (broad SMARTS) is 1. The van der Waals surface area contributed by atoms with Crippen LogP contribution < -0.4 is 4.90 Å². The summed E-state index contributed by atoms with van der Waals surface area (Å²) in [6.07, 6.45) is 2.33. The molecule has 0 aliphatic rings. The fourth-order valence-electron chi connectivity index (χ4n) is 1.89. The summed E-state index contributed by atoms with van der Waals surface area (Å²) in [6.45, 7) is 2.42. The Balaban J connectivity index is 2.09. The Morgan fingerprint density at radius 3 is 2.89 bits per heavy atom. The summed E-state index contributed by atoms with van der Waals surface area (Å²) in [4.78, 5) is 12.8. The molecule has 0 bridgehead atoms. The fourth-order valence-corrected chi connectivity index (χ4v) is 1.89. The van der Waals surface area contributed by atoms with Gasteiger partial charge in [-0.25, -0.2) is 0 Å². The lowest BCUT2D eigenvalue weighted by atomic mass is 10.1. The quantitative estimate of drug-likeness (QED) is 0.882. The molecule has 4 nitrogen and oxygen atoms in total. The predicted octanol–water partition coefficient (Wildman–Crippen LogP) is 2.98. The van der Waals surface area contributed by atoms with Crippen molar-refractivity contribution < 1.29 is 14.3 Å². The Bertz CT molecular complexity index is 547. The average molecular weight is 247 g/mol. The van der Waals surface area contributed by atoms with Gasteiger partial charge in [0.15, 0.2) is 0 Å². The topological polar surface area (TPSA) is 53.7 Å². The molecule has 0 amide bonds. The molecule has 1 atom stereocenters. The molecule has 0 saturated carbocycles. The average Bonchev–Trinajstić information content (AvgIpc) is 2.79. The zero-order valence-corrected chi connectivity index (χ0v) is 10.6. The van der Waals surface area contributed by atoms with Crippen molar-refractivity contribution in [3.8, 4) is 0 Å². The van der Waals surface area contributed by atoms with E-state index >= 15 is 0 Å². The molecule has 0 radical (unpaired) electrons. The normalized spacial score (nSPS) is 12.6. The van der Waals surface area contributed by atoms with Crippen molar-refractivity contribution >= 4 is 22.6 Å². The molecule has 0 saturated heterocycles. The van der Waals surface area contributed by atoms with Gasteiger partial charge >= 0.3 is 5.97 Å². The van der Waals surface area contributed by atoms with Crippen LogP contribution in [0.4, 0.5) is 5.69 Å². The lowest BCUT2D eigenvalue weighted by molar-refractivity contribution is -0.141. The van der Waals surface area contributed by atoms with Gasteiger partial charge in [-0.2, -0.15) is 0 Å². The minimum absolute atomic E-state index is 0.328. The molecular weight excluding hydrogens is 230 g/mol. The minimum Gasteiger partial charge on any atom is -0.481 e. The molecular formula is C14H17NO3. The van der Waals surface area contributed by atoms with E-state index in [9.17, 15) is 4.79 Å². The van der Waals surface area contributed by atoms with Crippen molar-refractivity contribution in [1.29, 1.82) is 0 Å². The molecule has 96 valence electrons. The molecule has 0 aliphatic heterocycles. The Kier molecular flexibility index (Phi) is 3.55. The largest absolute Gasteiger partial charge is 0.481 e. The van der Waals surface area contributed by atoms with Gasteiger partial charge < -0.3 is 14.4 Å². The zero-order valence-electron chi connectivity index (χ0n) is 10.6. The van der Waals surface area contributed by atoms with Crippen LogP contribution in [0.2, 0.25) is 0 Å². The van der Waals surface area contributed by atoms with Crippen LogP contribution in [0.15, 0.2) is 34.9 Å². The number of aliphatic carboxylic acids is 1. The predicted molar refractivity (Wildman–Crippen MR) is 70.9 cm³/mol. The van der Waals surface area contributed by atoms with Crippen LogP contribution in [0, 0.1) is 5.92 Å². The Hall–Kier alpha value is -1.97. The van der Waals surface area contributed by atoms with Crippen molar-refractivity contribution in [2.45, 2.75) is 13.3 Å². The molecule has 18 heavy (non-hydrogen) atoms. The minimum atomic E-state index is -0.750. The molecule has 4 heteroatoms. The first-order valence-corrected chi connectivity index (χ1v) is 5.99. The maximum absolute atomic E-state index is 10.8. The van der Waals surface area contributed by atoms with E-state index in [4.69, 9.17) is 9.52 Å². The standard InChI is InChI=1S/C14H17NO3/c1-10(14(16)17)7-8-15(2)12-9-18-13-6-4-3-5-11(12)13/h3-6,9-10H,7-8H2,1-2H3,(H,16,17). The van der Waals surface area contributed by atoms with Gasteiger partial charge in [0.25, 0.3) is 0 Å². The van der Waals surface area contributed by atoms with E-state index in [0.717, 1.165) is 16.7 Å². The van der Waals surface area contributed by atoms with Gasteiger partial charge in [-0.3, -0.25) is 4.79 Å². The number of nitrogens with zero attached hydrogens (tertiary/aromatic N) is 1. The highest BCUT2D eigenvalue weighted by molar-refractivity contribution is 5.90. The molecule has 1 aromatic heterocycles. The number of carboxylic acids is 1. The summed E-state index contributed by atoms with van der Waals surface area (Å²) in [5.74, 6) is -1.08. The molecule has 0 aliphatic carbocycles. The summed E-state index contributed by atoms with van der Waals surface area (Å²) < 4.78 is 5.47. The second-order valence-electron chi connectivity index (χ2n) is 4.57. The number of carbonyl (C=O) groups is 1. The number of anilines is 1. The maximum Gasteiger partial charge on any atom is 0.306 e. The van der Waals surface area contributed by atoms with Crippen molar-refractivity contribution in [2.24, 2.45) is 5.92 Å². The molecule has 0 spiro atoms. The van der Waals surface area contributed by atoms with E-state index in [2.05, 4.69) is 0 Å². The van der Waals surface area contributed by atoms with Gasteiger partial charge in [-0.05, 0) is 18.6 Å². The van der Waals surface area contributed by atoms with Gasteiger partial charge in [0.1, 0.15) is 11.8 Å². The van der Waals surface area contributed by atoms with E-state index in [0.29, 0.717) is 13.0 Å². The summed E-state index contributed by atoms with van der Waals surface area (Å²) in [6, 6.07) is 7.83. The summed E-state index contributed by atoms with van der Waals surface area (Å²) in [7, 11) is 1.95. The number of para-hydroxylation sites is 1. The lowest BCUT2D eigenvalue weighted by Gasteiger charge is -2.18. The van der Waals surface area contributed by atoms with Gasteiger partial charge in [-0.15, -0.1) is 0 Å². The van der Waals surface area contributed by atoms with Crippen molar-refractivity contribution in [3.63, 3.8) is 0 Å². The third-order valence-electron chi connectivity index (χ3n) is 3.19. The van der Waals surface area contributed by atoms with E-state index in [1.165, 1.54) is 0 Å².